The SMILES string of the molecule is CN(CCC#N)c1cc(Br)ccc1C(=O)O. The third kappa shape index (κ3) is 2.97. The molecule has 0 saturated heterocycles. The molecule has 0 atom stereocenters. The Morgan fingerprint density at radius 3 is 2.88 bits per heavy atom. The van der Waals surface area contributed by atoms with Gasteiger partial charge in [-0.25, -0.2) is 4.79 Å². The summed E-state index contributed by atoms with van der Waals surface area (Å²) in [5, 5.41) is 17.5. The lowest BCUT2D eigenvalue weighted by atomic mass is 10.1. The Balaban J connectivity index is 3.05. The molecular weight excluding hydrogens is 272 g/mol. The molecule has 5 heteroatoms. The first kappa shape index (κ1) is 12.5. The fraction of sp³-hybridized carbons (Fsp3) is 0.273. The third-order valence-electron chi connectivity index (χ3n) is 2.16. The summed E-state index contributed by atoms with van der Waals surface area (Å²) in [6.07, 6.45) is 0.363. The van der Waals surface area contributed by atoms with Crippen molar-refractivity contribution in [3.8, 4) is 6.07 Å². The number of nitriles is 1. The average Bonchev–Trinajstić information content (AvgIpc) is 2.25. The van der Waals surface area contributed by atoms with Crippen molar-refractivity contribution in [1.29, 1.82) is 5.26 Å². The summed E-state index contributed by atoms with van der Waals surface area (Å²) < 4.78 is 0.816. The predicted molar refractivity (Wildman–Crippen MR) is 64.6 cm³/mol. The van der Waals surface area contributed by atoms with Gasteiger partial charge in [0.05, 0.1) is 23.7 Å². The molecule has 0 unspecified atom stereocenters. The van der Waals surface area contributed by atoms with Gasteiger partial charge in [0.2, 0.25) is 0 Å². The Morgan fingerprint density at radius 2 is 2.31 bits per heavy atom. The minimum atomic E-state index is -0.966. The van der Waals surface area contributed by atoms with Crippen LogP contribution in [-0.4, -0.2) is 24.7 Å². The van der Waals surface area contributed by atoms with Crippen molar-refractivity contribution in [2.24, 2.45) is 0 Å². The third-order valence-corrected chi connectivity index (χ3v) is 2.65. The topological polar surface area (TPSA) is 64.3 Å². The van der Waals surface area contributed by atoms with Crippen LogP contribution < -0.4 is 4.90 Å². The molecule has 0 aliphatic carbocycles. The van der Waals surface area contributed by atoms with Gasteiger partial charge in [-0.1, -0.05) is 15.9 Å². The van der Waals surface area contributed by atoms with Gasteiger partial charge in [-0.15, -0.1) is 0 Å². The quantitative estimate of drug-likeness (QED) is 0.922. The van der Waals surface area contributed by atoms with E-state index in [1.807, 2.05) is 6.07 Å². The van der Waals surface area contributed by atoms with E-state index < -0.39 is 5.97 Å². The van der Waals surface area contributed by atoms with Crippen LogP contribution in [-0.2, 0) is 0 Å². The van der Waals surface area contributed by atoms with Crippen molar-refractivity contribution in [3.05, 3.63) is 28.2 Å². The molecule has 1 aromatic carbocycles. The zero-order valence-corrected chi connectivity index (χ0v) is 10.4. The highest BCUT2D eigenvalue weighted by molar-refractivity contribution is 9.10. The normalized spacial score (nSPS) is 9.56. The first-order chi connectivity index (χ1) is 7.56. The second kappa shape index (κ2) is 5.52. The molecule has 0 fully saturated rings. The molecule has 4 nitrogen and oxygen atoms in total. The molecule has 0 aliphatic rings. The van der Waals surface area contributed by atoms with Gasteiger partial charge in [0.25, 0.3) is 0 Å². The maximum atomic E-state index is 11.0. The Hall–Kier alpha value is -1.54. The smallest absolute Gasteiger partial charge is 0.337 e. The first-order valence-corrected chi connectivity index (χ1v) is 5.46. The lowest BCUT2D eigenvalue weighted by Crippen LogP contribution is -2.20. The Morgan fingerprint density at radius 1 is 1.62 bits per heavy atom. The van der Waals surface area contributed by atoms with E-state index in [0.717, 1.165) is 4.47 Å². The molecule has 0 saturated carbocycles. The molecule has 0 aliphatic heterocycles. The van der Waals surface area contributed by atoms with Gasteiger partial charge in [-0.3, -0.25) is 0 Å². The summed E-state index contributed by atoms with van der Waals surface area (Å²) in [4.78, 5) is 12.8. The average molecular weight is 283 g/mol. The van der Waals surface area contributed by atoms with Crippen LogP contribution in [0, 0.1) is 11.3 Å². The number of hydrogen-bond donors (Lipinski definition) is 1. The first-order valence-electron chi connectivity index (χ1n) is 4.67. The summed E-state index contributed by atoms with van der Waals surface area (Å²) in [7, 11) is 1.77. The molecule has 0 spiro atoms. The largest absolute Gasteiger partial charge is 0.478 e. The Kier molecular flexibility index (Phi) is 4.32. The number of aromatic carboxylic acids is 1. The van der Waals surface area contributed by atoms with Gasteiger partial charge in [-0.2, -0.15) is 5.26 Å². The Bertz CT molecular complexity index is 440. The van der Waals surface area contributed by atoms with E-state index in [2.05, 4.69) is 15.9 Å². The lowest BCUT2D eigenvalue weighted by molar-refractivity contribution is 0.0697. The van der Waals surface area contributed by atoms with Crippen LogP contribution in [0.25, 0.3) is 0 Å². The van der Waals surface area contributed by atoms with Crippen molar-refractivity contribution < 1.29 is 9.90 Å². The highest BCUT2D eigenvalue weighted by Crippen LogP contribution is 2.24. The molecule has 84 valence electrons. The van der Waals surface area contributed by atoms with Crippen LogP contribution in [0.5, 0.6) is 0 Å². The molecule has 16 heavy (non-hydrogen) atoms. The van der Waals surface area contributed by atoms with Crippen LogP contribution in [0.3, 0.4) is 0 Å². The number of anilines is 1. The van der Waals surface area contributed by atoms with E-state index in [-0.39, 0.29) is 5.56 Å². The summed E-state index contributed by atoms with van der Waals surface area (Å²) in [5.41, 5.74) is 0.848. The molecule has 0 amide bonds. The highest BCUT2D eigenvalue weighted by Gasteiger charge is 2.13. The summed E-state index contributed by atoms with van der Waals surface area (Å²) in [6, 6.07) is 7.00. The van der Waals surface area contributed by atoms with Crippen molar-refractivity contribution >= 4 is 27.6 Å². The van der Waals surface area contributed by atoms with Crippen molar-refractivity contribution in [2.45, 2.75) is 6.42 Å². The van der Waals surface area contributed by atoms with Gasteiger partial charge in [0.15, 0.2) is 0 Å². The monoisotopic (exact) mass is 282 g/mol. The predicted octanol–water partition coefficient (Wildman–Crippen LogP) is 2.50. The number of benzene rings is 1. The van der Waals surface area contributed by atoms with Crippen molar-refractivity contribution in [3.63, 3.8) is 0 Å². The molecular formula is C11H11BrN2O2. The minimum absolute atomic E-state index is 0.239. The van der Waals surface area contributed by atoms with E-state index in [1.165, 1.54) is 0 Å². The lowest BCUT2D eigenvalue weighted by Gasteiger charge is -2.20. The second-order valence-electron chi connectivity index (χ2n) is 3.30. The van der Waals surface area contributed by atoms with Gasteiger partial charge in [0.1, 0.15) is 0 Å². The van der Waals surface area contributed by atoms with Crippen LogP contribution in [0.4, 0.5) is 5.69 Å². The summed E-state index contributed by atoms with van der Waals surface area (Å²) in [6.45, 7) is 0.507. The zero-order chi connectivity index (χ0) is 12.1. The van der Waals surface area contributed by atoms with E-state index in [1.54, 1.807) is 30.1 Å². The number of nitrogens with zero attached hydrogens (tertiary/aromatic N) is 2. The number of carboxylic acid groups (broad SMARTS) is 1. The van der Waals surface area contributed by atoms with E-state index in [0.29, 0.717) is 18.7 Å². The van der Waals surface area contributed by atoms with Crippen LogP contribution in [0.2, 0.25) is 0 Å². The molecule has 0 radical (unpaired) electrons. The molecule has 0 bridgehead atoms. The van der Waals surface area contributed by atoms with Crippen LogP contribution >= 0.6 is 15.9 Å². The van der Waals surface area contributed by atoms with Crippen molar-refractivity contribution in [2.75, 3.05) is 18.5 Å². The second-order valence-corrected chi connectivity index (χ2v) is 4.21. The fourth-order valence-electron chi connectivity index (χ4n) is 1.34. The fourth-order valence-corrected chi connectivity index (χ4v) is 1.69. The Labute approximate surface area is 102 Å². The zero-order valence-electron chi connectivity index (χ0n) is 8.77. The van der Waals surface area contributed by atoms with Gasteiger partial charge in [0, 0.05) is 18.1 Å². The van der Waals surface area contributed by atoms with Gasteiger partial charge < -0.3 is 10.0 Å². The highest BCUT2D eigenvalue weighted by atomic mass is 79.9. The number of rotatable bonds is 4. The molecule has 0 aromatic heterocycles. The van der Waals surface area contributed by atoms with Crippen LogP contribution in [0.1, 0.15) is 16.8 Å². The number of halogens is 1. The van der Waals surface area contributed by atoms with Crippen molar-refractivity contribution in [1.82, 2.24) is 0 Å². The summed E-state index contributed by atoms with van der Waals surface area (Å²) in [5.74, 6) is -0.966. The number of carbonyl (C=O) groups is 1. The minimum Gasteiger partial charge on any atom is -0.478 e. The standard InChI is InChI=1S/C11H11BrN2O2/c1-14(6-2-5-13)10-7-8(12)3-4-9(10)11(15)16/h3-4,7H,2,6H2,1H3,(H,15,16). The van der Waals surface area contributed by atoms with E-state index in [4.69, 9.17) is 10.4 Å². The maximum Gasteiger partial charge on any atom is 0.337 e. The molecule has 1 rings (SSSR count). The van der Waals surface area contributed by atoms with Crippen LogP contribution in [0.15, 0.2) is 22.7 Å². The number of carboxylic acids is 1. The maximum absolute atomic E-state index is 11.0. The van der Waals surface area contributed by atoms with E-state index >= 15 is 0 Å². The molecule has 0 heterocycles. The molecule has 1 aromatic rings. The summed E-state index contributed by atoms with van der Waals surface area (Å²) >= 11 is 3.30. The molecule has 1 N–H and O–H groups in total. The van der Waals surface area contributed by atoms with E-state index in [9.17, 15) is 4.79 Å². The number of hydrogen-bond acceptors (Lipinski definition) is 3. The van der Waals surface area contributed by atoms with Gasteiger partial charge in [-0.05, 0) is 18.2 Å². The van der Waals surface area contributed by atoms with Gasteiger partial charge >= 0.3 is 5.97 Å².